The fraction of sp³-hybridized carbons (Fsp3) is 0.467. The molecule has 6 heteroatoms. The molecule has 21 heavy (non-hydrogen) atoms. The van der Waals surface area contributed by atoms with Gasteiger partial charge in [0.15, 0.2) is 0 Å². The first-order valence-corrected chi connectivity index (χ1v) is 6.75. The van der Waals surface area contributed by atoms with Crippen molar-refractivity contribution in [3.8, 4) is 0 Å². The summed E-state index contributed by atoms with van der Waals surface area (Å²) in [7, 11) is 1.71. The maximum Gasteiger partial charge on any atom is 0.251 e. The number of carbonyl (C=O) groups excluding carboxylic acids is 2. The lowest BCUT2D eigenvalue weighted by atomic mass is 10.0. The Hall–Kier alpha value is -1.59. The fourth-order valence-corrected chi connectivity index (χ4v) is 1.54. The van der Waals surface area contributed by atoms with E-state index in [0.29, 0.717) is 11.3 Å². The number of carbonyl (C=O) groups is 2. The summed E-state index contributed by atoms with van der Waals surface area (Å²) in [6.07, 6.45) is 0.858. The van der Waals surface area contributed by atoms with Gasteiger partial charge in [0.25, 0.3) is 5.91 Å². The predicted molar refractivity (Wildman–Crippen MR) is 88.1 cm³/mol. The summed E-state index contributed by atoms with van der Waals surface area (Å²) >= 11 is 0. The third-order valence-corrected chi connectivity index (χ3v) is 3.10. The van der Waals surface area contributed by atoms with E-state index in [1.807, 2.05) is 20.8 Å². The van der Waals surface area contributed by atoms with Gasteiger partial charge >= 0.3 is 0 Å². The number of nitrogens with one attached hydrogen (secondary N) is 3. The SMILES string of the molecule is CCC(C)(C)NC(=O)c1ccc(NC(=O)CNC)cc1.Cl. The molecule has 0 heterocycles. The van der Waals surface area contributed by atoms with Gasteiger partial charge in [0, 0.05) is 16.8 Å². The second kappa shape index (κ2) is 8.64. The number of amides is 2. The average molecular weight is 314 g/mol. The van der Waals surface area contributed by atoms with E-state index in [-0.39, 0.29) is 36.3 Å². The lowest BCUT2D eigenvalue weighted by Gasteiger charge is -2.24. The van der Waals surface area contributed by atoms with Crippen LogP contribution in [0.15, 0.2) is 24.3 Å². The highest BCUT2D eigenvalue weighted by Gasteiger charge is 2.18. The van der Waals surface area contributed by atoms with Crippen molar-refractivity contribution in [2.45, 2.75) is 32.7 Å². The van der Waals surface area contributed by atoms with Crippen LogP contribution >= 0.6 is 12.4 Å². The van der Waals surface area contributed by atoms with Crippen molar-refractivity contribution in [2.75, 3.05) is 18.9 Å². The normalized spacial score (nSPS) is 10.5. The number of halogens is 1. The molecular formula is C15H24ClN3O2. The van der Waals surface area contributed by atoms with Crippen LogP contribution in [0.3, 0.4) is 0 Å². The van der Waals surface area contributed by atoms with Crippen molar-refractivity contribution < 1.29 is 9.59 Å². The highest BCUT2D eigenvalue weighted by Crippen LogP contribution is 2.12. The van der Waals surface area contributed by atoms with Gasteiger partial charge in [-0.25, -0.2) is 0 Å². The molecule has 1 rings (SSSR count). The maximum atomic E-state index is 12.0. The Kier molecular flexibility index (Phi) is 7.99. The Bertz CT molecular complexity index is 472. The van der Waals surface area contributed by atoms with Crippen molar-refractivity contribution >= 4 is 29.9 Å². The van der Waals surface area contributed by atoms with Crippen LogP contribution in [0.4, 0.5) is 5.69 Å². The van der Waals surface area contributed by atoms with E-state index in [2.05, 4.69) is 16.0 Å². The number of anilines is 1. The van der Waals surface area contributed by atoms with Crippen LogP contribution in [0.5, 0.6) is 0 Å². The van der Waals surface area contributed by atoms with Crippen molar-refractivity contribution in [3.63, 3.8) is 0 Å². The van der Waals surface area contributed by atoms with E-state index in [0.717, 1.165) is 6.42 Å². The zero-order valence-corrected chi connectivity index (χ0v) is 13.8. The zero-order valence-electron chi connectivity index (χ0n) is 12.9. The lowest BCUT2D eigenvalue weighted by Crippen LogP contribution is -2.42. The Morgan fingerprint density at radius 1 is 1.14 bits per heavy atom. The molecule has 0 aliphatic rings. The molecule has 5 nitrogen and oxygen atoms in total. The van der Waals surface area contributed by atoms with E-state index < -0.39 is 0 Å². The maximum absolute atomic E-state index is 12.0. The molecule has 0 bridgehead atoms. The Morgan fingerprint density at radius 3 is 2.19 bits per heavy atom. The predicted octanol–water partition coefficient (Wildman–Crippen LogP) is 2.18. The Labute approximate surface area is 132 Å². The topological polar surface area (TPSA) is 70.2 Å². The highest BCUT2D eigenvalue weighted by molar-refractivity contribution is 5.96. The van der Waals surface area contributed by atoms with Gasteiger partial charge in [-0.15, -0.1) is 12.4 Å². The minimum absolute atomic E-state index is 0. The third-order valence-electron chi connectivity index (χ3n) is 3.10. The first kappa shape index (κ1) is 19.4. The summed E-state index contributed by atoms with van der Waals surface area (Å²) in [4.78, 5) is 23.5. The van der Waals surface area contributed by atoms with E-state index >= 15 is 0 Å². The monoisotopic (exact) mass is 313 g/mol. The second-order valence-electron chi connectivity index (χ2n) is 5.35. The molecule has 0 saturated carbocycles. The summed E-state index contributed by atoms with van der Waals surface area (Å²) < 4.78 is 0. The van der Waals surface area contributed by atoms with E-state index in [9.17, 15) is 9.59 Å². The first-order chi connectivity index (χ1) is 9.38. The number of benzene rings is 1. The molecular weight excluding hydrogens is 290 g/mol. The molecule has 0 aromatic heterocycles. The van der Waals surface area contributed by atoms with Crippen molar-refractivity contribution in [1.82, 2.24) is 10.6 Å². The largest absolute Gasteiger partial charge is 0.347 e. The van der Waals surface area contributed by atoms with Crippen LogP contribution in [0.2, 0.25) is 0 Å². The molecule has 2 amide bonds. The van der Waals surface area contributed by atoms with Crippen LogP contribution in [-0.2, 0) is 4.79 Å². The lowest BCUT2D eigenvalue weighted by molar-refractivity contribution is -0.115. The van der Waals surface area contributed by atoms with Crippen LogP contribution in [0.25, 0.3) is 0 Å². The van der Waals surface area contributed by atoms with Crippen LogP contribution < -0.4 is 16.0 Å². The molecule has 0 atom stereocenters. The molecule has 0 saturated heterocycles. The van der Waals surface area contributed by atoms with Gasteiger partial charge in [-0.05, 0) is 51.6 Å². The first-order valence-electron chi connectivity index (χ1n) is 6.75. The van der Waals surface area contributed by atoms with Gasteiger partial charge in [-0.2, -0.15) is 0 Å². The van der Waals surface area contributed by atoms with Gasteiger partial charge in [0.05, 0.1) is 6.54 Å². The molecule has 0 unspecified atom stereocenters. The molecule has 1 aromatic rings. The minimum atomic E-state index is -0.225. The Balaban J connectivity index is 0.00000400. The van der Waals surface area contributed by atoms with Gasteiger partial charge in [-0.1, -0.05) is 6.92 Å². The average Bonchev–Trinajstić information content (AvgIpc) is 2.39. The molecule has 0 aliphatic heterocycles. The van der Waals surface area contributed by atoms with Gasteiger partial charge in [0.1, 0.15) is 0 Å². The molecule has 0 aliphatic carbocycles. The second-order valence-corrected chi connectivity index (χ2v) is 5.35. The number of hydrogen-bond acceptors (Lipinski definition) is 3. The van der Waals surface area contributed by atoms with E-state index in [4.69, 9.17) is 0 Å². The molecule has 118 valence electrons. The van der Waals surface area contributed by atoms with Crippen molar-refractivity contribution in [2.24, 2.45) is 0 Å². The fourth-order valence-electron chi connectivity index (χ4n) is 1.54. The number of rotatable bonds is 6. The number of likely N-dealkylation sites (N-methyl/N-ethyl adjacent to an activating group) is 1. The van der Waals surface area contributed by atoms with Gasteiger partial charge in [0.2, 0.25) is 5.91 Å². The van der Waals surface area contributed by atoms with Crippen LogP contribution in [-0.4, -0.2) is 30.9 Å². The molecule has 1 aromatic carbocycles. The van der Waals surface area contributed by atoms with E-state index in [1.54, 1.807) is 31.3 Å². The zero-order chi connectivity index (χ0) is 15.2. The molecule has 0 fully saturated rings. The van der Waals surface area contributed by atoms with Crippen LogP contribution in [0.1, 0.15) is 37.6 Å². The highest BCUT2D eigenvalue weighted by atomic mass is 35.5. The summed E-state index contributed by atoms with van der Waals surface area (Å²) in [5.41, 5.74) is 1.03. The van der Waals surface area contributed by atoms with Crippen molar-refractivity contribution in [3.05, 3.63) is 29.8 Å². The minimum Gasteiger partial charge on any atom is -0.347 e. The smallest absolute Gasteiger partial charge is 0.251 e. The van der Waals surface area contributed by atoms with E-state index in [1.165, 1.54) is 0 Å². The quantitative estimate of drug-likeness (QED) is 0.754. The Morgan fingerprint density at radius 2 is 1.71 bits per heavy atom. The summed E-state index contributed by atoms with van der Waals surface area (Å²) in [5.74, 6) is -0.221. The molecule has 0 radical (unpaired) electrons. The molecule has 3 N–H and O–H groups in total. The number of hydrogen-bond donors (Lipinski definition) is 3. The summed E-state index contributed by atoms with van der Waals surface area (Å²) in [6.45, 7) is 6.25. The standard InChI is InChI=1S/C15H23N3O2.ClH/c1-5-15(2,3)18-14(20)11-6-8-12(9-7-11)17-13(19)10-16-4;/h6-9,16H,5,10H2,1-4H3,(H,17,19)(H,18,20);1H. The molecule has 0 spiro atoms. The summed E-state index contributed by atoms with van der Waals surface area (Å²) in [5, 5.41) is 8.48. The third kappa shape index (κ3) is 6.60. The van der Waals surface area contributed by atoms with Crippen molar-refractivity contribution in [1.29, 1.82) is 0 Å². The van der Waals surface area contributed by atoms with Gasteiger partial charge < -0.3 is 16.0 Å². The summed E-state index contributed by atoms with van der Waals surface area (Å²) in [6, 6.07) is 6.86. The van der Waals surface area contributed by atoms with Crippen LogP contribution in [0, 0.1) is 0 Å². The van der Waals surface area contributed by atoms with Gasteiger partial charge in [-0.3, -0.25) is 9.59 Å².